The van der Waals surface area contributed by atoms with Gasteiger partial charge in [-0.2, -0.15) is 0 Å². The lowest BCUT2D eigenvalue weighted by molar-refractivity contribution is 0.103. The van der Waals surface area contributed by atoms with Gasteiger partial charge in [0.15, 0.2) is 0 Å². The van der Waals surface area contributed by atoms with Gasteiger partial charge in [0, 0.05) is 44.3 Å². The number of anilines is 1. The second-order valence-corrected chi connectivity index (χ2v) is 7.15. The van der Waals surface area contributed by atoms with E-state index in [1.165, 1.54) is 5.56 Å². The van der Waals surface area contributed by atoms with E-state index in [9.17, 15) is 4.79 Å². The molecule has 7 heteroatoms. The molecule has 1 aromatic heterocycles. The van der Waals surface area contributed by atoms with E-state index in [2.05, 4.69) is 32.1 Å². The number of para-hydroxylation sites is 1. The molecule has 3 N–H and O–H groups in total. The summed E-state index contributed by atoms with van der Waals surface area (Å²) in [5.74, 6) is 0. The Morgan fingerprint density at radius 3 is 2.67 bits per heavy atom. The number of rotatable bonds is 3. The number of nitrogens with one attached hydrogen (secondary N) is 3. The van der Waals surface area contributed by atoms with Crippen LogP contribution in [0.2, 0.25) is 0 Å². The molecule has 1 aromatic carbocycles. The molecule has 2 fully saturated rings. The van der Waals surface area contributed by atoms with Gasteiger partial charge in [0.1, 0.15) is 0 Å². The van der Waals surface area contributed by atoms with Gasteiger partial charge < -0.3 is 10.2 Å². The highest BCUT2D eigenvalue weighted by molar-refractivity contribution is 5.90. The number of carbonyl (C=O) groups excluding carboxylic acids is 1. The Morgan fingerprint density at radius 2 is 1.93 bits per heavy atom. The van der Waals surface area contributed by atoms with Crippen LogP contribution < -0.4 is 16.2 Å². The van der Waals surface area contributed by atoms with Crippen LogP contribution in [0.4, 0.5) is 10.5 Å². The molecule has 2 atom stereocenters. The molecule has 0 bridgehead atoms. The van der Waals surface area contributed by atoms with Gasteiger partial charge >= 0.3 is 6.03 Å². The first-order valence-electron chi connectivity index (χ1n) is 9.47. The van der Waals surface area contributed by atoms with E-state index < -0.39 is 0 Å². The highest BCUT2D eigenvalue weighted by Gasteiger charge is 2.32. The van der Waals surface area contributed by atoms with Crippen LogP contribution in [0.15, 0.2) is 48.8 Å². The lowest BCUT2D eigenvalue weighted by Crippen LogP contribution is -2.55. The van der Waals surface area contributed by atoms with Crippen molar-refractivity contribution in [2.24, 2.45) is 0 Å². The van der Waals surface area contributed by atoms with Gasteiger partial charge in [-0.25, -0.2) is 15.6 Å². The normalized spacial score (nSPS) is 23.4. The number of aromatic nitrogens is 1. The first kappa shape index (κ1) is 17.9. The maximum Gasteiger partial charge on any atom is 0.321 e. The number of hydrogen-bond acceptors (Lipinski definition) is 5. The summed E-state index contributed by atoms with van der Waals surface area (Å²) in [5.41, 5.74) is 9.92. The largest absolute Gasteiger partial charge is 0.322 e. The number of aryl methyl sites for hydroxylation is 1. The fraction of sp³-hybridized carbons (Fsp3) is 0.400. The molecule has 2 saturated heterocycles. The molecule has 0 radical (unpaired) electrons. The number of nitrogens with zero attached hydrogens (tertiary/aromatic N) is 3. The maximum atomic E-state index is 12.5. The number of benzene rings is 1. The quantitative estimate of drug-likeness (QED) is 0.776. The highest BCUT2D eigenvalue weighted by Crippen LogP contribution is 2.24. The zero-order chi connectivity index (χ0) is 18.6. The van der Waals surface area contributed by atoms with Crippen LogP contribution in [0.3, 0.4) is 0 Å². The average Bonchev–Trinajstić information content (AvgIpc) is 3.21. The number of piperazine rings is 1. The van der Waals surface area contributed by atoms with Crippen molar-refractivity contribution in [3.05, 3.63) is 59.9 Å². The van der Waals surface area contributed by atoms with Crippen LogP contribution in [-0.4, -0.2) is 53.2 Å². The third-order valence-corrected chi connectivity index (χ3v) is 5.40. The van der Waals surface area contributed by atoms with Crippen molar-refractivity contribution in [2.75, 3.05) is 31.5 Å². The van der Waals surface area contributed by atoms with E-state index in [-0.39, 0.29) is 18.2 Å². The highest BCUT2D eigenvalue weighted by atomic mass is 16.2. The van der Waals surface area contributed by atoms with E-state index in [4.69, 9.17) is 0 Å². The number of hydrogen-bond donors (Lipinski definition) is 3. The molecule has 0 aliphatic carbocycles. The van der Waals surface area contributed by atoms with Gasteiger partial charge in [-0.15, -0.1) is 0 Å². The van der Waals surface area contributed by atoms with Gasteiger partial charge in [0.2, 0.25) is 0 Å². The van der Waals surface area contributed by atoms with Gasteiger partial charge in [0.05, 0.1) is 12.2 Å². The topological polar surface area (TPSA) is 72.5 Å². The summed E-state index contributed by atoms with van der Waals surface area (Å²) in [6.45, 7) is 5.19. The van der Waals surface area contributed by atoms with Crippen LogP contribution >= 0.6 is 0 Å². The minimum atomic E-state index is -0.0188. The molecule has 142 valence electrons. The zero-order valence-corrected chi connectivity index (χ0v) is 15.6. The molecular weight excluding hydrogens is 340 g/mol. The standard InChI is InChI=1S/C20H26N6O/c1-15-5-2-3-7-17(15)22-20(27)26-11-9-25(10-12-26)19-13-18(23-24-19)16-6-4-8-21-14-16/h2-8,14,18-19,23-24H,9-13H2,1H3,(H,22,27). The maximum absolute atomic E-state index is 12.5. The van der Waals surface area contributed by atoms with Crippen molar-refractivity contribution in [3.63, 3.8) is 0 Å². The molecule has 3 heterocycles. The molecule has 7 nitrogen and oxygen atoms in total. The van der Waals surface area contributed by atoms with E-state index in [1.54, 1.807) is 6.20 Å². The second-order valence-electron chi connectivity index (χ2n) is 7.15. The Bertz CT molecular complexity index is 775. The first-order chi connectivity index (χ1) is 13.2. The minimum absolute atomic E-state index is 0.0188. The van der Waals surface area contributed by atoms with Crippen LogP contribution in [0, 0.1) is 6.92 Å². The first-order valence-corrected chi connectivity index (χ1v) is 9.47. The fourth-order valence-corrected chi connectivity index (χ4v) is 3.72. The monoisotopic (exact) mass is 366 g/mol. The summed E-state index contributed by atoms with van der Waals surface area (Å²) in [7, 11) is 0. The van der Waals surface area contributed by atoms with E-state index in [0.29, 0.717) is 0 Å². The Kier molecular flexibility index (Phi) is 5.33. The predicted molar refractivity (Wildman–Crippen MR) is 105 cm³/mol. The van der Waals surface area contributed by atoms with E-state index in [0.717, 1.165) is 43.9 Å². The summed E-state index contributed by atoms with van der Waals surface area (Å²) in [4.78, 5) is 21.0. The third-order valence-electron chi connectivity index (χ3n) is 5.40. The number of carbonyl (C=O) groups is 1. The van der Waals surface area contributed by atoms with Gasteiger partial charge in [-0.05, 0) is 36.6 Å². The Balaban J connectivity index is 1.28. The predicted octanol–water partition coefficient (Wildman–Crippen LogP) is 2.10. The van der Waals surface area contributed by atoms with Gasteiger partial charge in [-0.1, -0.05) is 24.3 Å². The van der Waals surface area contributed by atoms with Crippen molar-refractivity contribution in [1.29, 1.82) is 0 Å². The molecule has 4 rings (SSSR count). The smallest absolute Gasteiger partial charge is 0.321 e. The molecule has 0 spiro atoms. The SMILES string of the molecule is Cc1ccccc1NC(=O)N1CCN(C2CC(c3cccnc3)NN2)CC1. The van der Waals surface area contributed by atoms with Crippen LogP contribution in [0.25, 0.3) is 0 Å². The number of urea groups is 1. The van der Waals surface area contributed by atoms with Crippen molar-refractivity contribution in [1.82, 2.24) is 25.6 Å². The van der Waals surface area contributed by atoms with Crippen molar-refractivity contribution in [2.45, 2.75) is 25.6 Å². The van der Waals surface area contributed by atoms with Crippen molar-refractivity contribution in [3.8, 4) is 0 Å². The molecule has 2 amide bonds. The second kappa shape index (κ2) is 8.04. The number of amides is 2. The molecular formula is C20H26N6O. The molecule has 27 heavy (non-hydrogen) atoms. The molecule has 0 saturated carbocycles. The summed E-state index contributed by atoms with van der Waals surface area (Å²) >= 11 is 0. The van der Waals surface area contributed by atoms with Crippen LogP contribution in [0.1, 0.15) is 23.6 Å². The summed E-state index contributed by atoms with van der Waals surface area (Å²) in [6.07, 6.45) is 4.97. The number of pyridine rings is 1. The number of hydrazine groups is 1. The molecule has 2 aliphatic heterocycles. The zero-order valence-electron chi connectivity index (χ0n) is 15.6. The summed E-state index contributed by atoms with van der Waals surface area (Å²) in [5, 5.41) is 3.03. The summed E-state index contributed by atoms with van der Waals surface area (Å²) in [6, 6.07) is 12.2. The van der Waals surface area contributed by atoms with Gasteiger partial charge in [0.25, 0.3) is 0 Å². The fourth-order valence-electron chi connectivity index (χ4n) is 3.72. The van der Waals surface area contributed by atoms with Gasteiger partial charge in [-0.3, -0.25) is 9.88 Å². The van der Waals surface area contributed by atoms with E-state index in [1.807, 2.05) is 48.4 Å². The Morgan fingerprint density at radius 1 is 1.11 bits per heavy atom. The molecule has 2 aliphatic rings. The van der Waals surface area contributed by atoms with E-state index >= 15 is 0 Å². The van der Waals surface area contributed by atoms with Crippen LogP contribution in [-0.2, 0) is 0 Å². The van der Waals surface area contributed by atoms with Crippen molar-refractivity contribution < 1.29 is 4.79 Å². The average molecular weight is 366 g/mol. The minimum Gasteiger partial charge on any atom is -0.322 e. The molecule has 2 aromatic rings. The molecule has 2 unspecified atom stereocenters. The lowest BCUT2D eigenvalue weighted by atomic mass is 10.1. The lowest BCUT2D eigenvalue weighted by Gasteiger charge is -2.37. The third kappa shape index (κ3) is 4.10. The van der Waals surface area contributed by atoms with Crippen molar-refractivity contribution >= 4 is 11.7 Å². The Labute approximate surface area is 159 Å². The van der Waals surface area contributed by atoms with Crippen LogP contribution in [0.5, 0.6) is 0 Å². The Hall–Kier alpha value is -2.48. The summed E-state index contributed by atoms with van der Waals surface area (Å²) < 4.78 is 0.